The molecule has 2 aromatic rings. The lowest BCUT2D eigenvalue weighted by atomic mass is 10.1. The van der Waals surface area contributed by atoms with E-state index in [1.807, 2.05) is 5.38 Å². The summed E-state index contributed by atoms with van der Waals surface area (Å²) in [6.07, 6.45) is 0.757. The van der Waals surface area contributed by atoms with E-state index < -0.39 is 11.7 Å². The summed E-state index contributed by atoms with van der Waals surface area (Å²) in [5.41, 5.74) is 1.07. The summed E-state index contributed by atoms with van der Waals surface area (Å²) in [6.45, 7) is 0. The number of carbonyl (C=O) groups excluding carboxylic acids is 1. The first-order chi connectivity index (χ1) is 10.9. The van der Waals surface area contributed by atoms with Crippen molar-refractivity contribution >= 4 is 22.9 Å². The Hall–Kier alpha value is -1.82. The fourth-order valence-corrected chi connectivity index (χ4v) is 3.96. The van der Waals surface area contributed by atoms with Crippen LogP contribution in [0.4, 0.5) is 18.9 Å². The van der Waals surface area contributed by atoms with Crippen LogP contribution in [0.1, 0.15) is 45.6 Å². The van der Waals surface area contributed by atoms with E-state index in [9.17, 15) is 18.0 Å². The fraction of sp³-hybridized carbons (Fsp3) is 0.353. The number of hydrogen-bond acceptors (Lipinski definition) is 2. The molecule has 0 fully saturated rings. The molecule has 1 aliphatic carbocycles. The van der Waals surface area contributed by atoms with Gasteiger partial charge in [0.05, 0.1) is 11.1 Å². The van der Waals surface area contributed by atoms with E-state index in [4.69, 9.17) is 0 Å². The lowest BCUT2D eigenvalue weighted by Gasteiger charge is -2.10. The molecule has 1 aliphatic rings. The Morgan fingerprint density at radius 3 is 2.70 bits per heavy atom. The van der Waals surface area contributed by atoms with Crippen LogP contribution >= 0.6 is 11.3 Å². The molecular formula is C17H16F3NOS. The quantitative estimate of drug-likeness (QED) is 0.740. The number of rotatable bonds is 2. The zero-order chi connectivity index (χ0) is 16.4. The van der Waals surface area contributed by atoms with E-state index in [2.05, 4.69) is 5.32 Å². The van der Waals surface area contributed by atoms with Crippen LogP contribution in [-0.2, 0) is 19.0 Å². The zero-order valence-corrected chi connectivity index (χ0v) is 13.2. The topological polar surface area (TPSA) is 29.1 Å². The molecular weight excluding hydrogens is 323 g/mol. The van der Waals surface area contributed by atoms with Crippen LogP contribution in [0.5, 0.6) is 0 Å². The second-order valence-electron chi connectivity index (χ2n) is 5.64. The number of alkyl halides is 3. The average Bonchev–Trinajstić information content (AvgIpc) is 2.76. The van der Waals surface area contributed by atoms with Crippen molar-refractivity contribution in [3.8, 4) is 0 Å². The zero-order valence-electron chi connectivity index (χ0n) is 12.4. The summed E-state index contributed by atoms with van der Waals surface area (Å²) < 4.78 is 38.2. The highest BCUT2D eigenvalue weighted by Gasteiger charge is 2.30. The van der Waals surface area contributed by atoms with Crippen LogP contribution in [0.25, 0.3) is 0 Å². The van der Waals surface area contributed by atoms with Crippen molar-refractivity contribution < 1.29 is 18.0 Å². The maximum absolute atomic E-state index is 12.7. The number of fused-ring (bicyclic) bond motifs is 1. The number of halogens is 3. The minimum atomic E-state index is -4.42. The van der Waals surface area contributed by atoms with Crippen LogP contribution in [0, 0.1) is 0 Å². The predicted molar refractivity (Wildman–Crippen MR) is 85.0 cm³/mol. The number of anilines is 1. The number of amides is 1. The predicted octanol–water partition coefficient (Wildman–Crippen LogP) is 5.29. The largest absolute Gasteiger partial charge is 0.416 e. The van der Waals surface area contributed by atoms with Gasteiger partial charge >= 0.3 is 6.18 Å². The molecule has 0 atom stereocenters. The Morgan fingerprint density at radius 2 is 1.91 bits per heavy atom. The van der Waals surface area contributed by atoms with Crippen molar-refractivity contribution in [1.29, 1.82) is 0 Å². The van der Waals surface area contributed by atoms with Gasteiger partial charge in [-0.05, 0) is 49.4 Å². The minimum Gasteiger partial charge on any atom is -0.322 e. The van der Waals surface area contributed by atoms with Crippen molar-refractivity contribution in [2.75, 3.05) is 5.32 Å². The molecule has 1 N–H and O–H groups in total. The highest BCUT2D eigenvalue weighted by Crippen LogP contribution is 2.32. The second-order valence-corrected chi connectivity index (χ2v) is 6.61. The van der Waals surface area contributed by atoms with Crippen LogP contribution in [-0.4, -0.2) is 5.91 Å². The summed E-state index contributed by atoms with van der Waals surface area (Å²) in [5.74, 6) is -0.330. The maximum atomic E-state index is 12.7. The smallest absolute Gasteiger partial charge is 0.322 e. The lowest BCUT2D eigenvalue weighted by Crippen LogP contribution is -2.14. The van der Waals surface area contributed by atoms with Gasteiger partial charge in [0, 0.05) is 15.9 Å². The second kappa shape index (κ2) is 6.35. The van der Waals surface area contributed by atoms with Crippen molar-refractivity contribution in [1.82, 2.24) is 0 Å². The molecule has 1 amide bonds. The molecule has 122 valence electrons. The number of thiophene rings is 1. The summed E-state index contributed by atoms with van der Waals surface area (Å²) >= 11 is 1.57. The molecule has 0 saturated carbocycles. The third-order valence-electron chi connectivity index (χ3n) is 4.00. The monoisotopic (exact) mass is 339 g/mol. The summed E-state index contributed by atoms with van der Waals surface area (Å²) in [6, 6.07) is 4.72. The Balaban J connectivity index is 1.81. The van der Waals surface area contributed by atoms with Crippen molar-refractivity contribution in [2.45, 2.75) is 38.3 Å². The number of hydrogen-bond donors (Lipinski definition) is 1. The number of benzene rings is 1. The molecule has 1 heterocycles. The highest BCUT2D eigenvalue weighted by atomic mass is 32.1. The van der Waals surface area contributed by atoms with Gasteiger partial charge in [0.2, 0.25) is 0 Å². The number of nitrogens with one attached hydrogen (secondary N) is 1. The molecule has 0 spiro atoms. The van der Waals surface area contributed by atoms with Gasteiger partial charge in [-0.15, -0.1) is 11.3 Å². The van der Waals surface area contributed by atoms with Gasteiger partial charge in [-0.2, -0.15) is 13.2 Å². The van der Waals surface area contributed by atoms with Gasteiger partial charge in [-0.25, -0.2) is 0 Å². The standard InChI is InChI=1S/C17H16F3NOS/c18-17(19,20)11-5-4-6-12(9-11)21-16(22)14-10-23-15-8-3-1-2-7-13(14)15/h4-6,9-10H,1-3,7-8H2,(H,21,22). The first-order valence-corrected chi connectivity index (χ1v) is 8.41. The van der Waals surface area contributed by atoms with E-state index in [1.165, 1.54) is 17.0 Å². The maximum Gasteiger partial charge on any atom is 0.416 e. The third-order valence-corrected chi connectivity index (χ3v) is 5.09. The fourth-order valence-electron chi connectivity index (χ4n) is 2.83. The van der Waals surface area contributed by atoms with Crippen molar-refractivity contribution in [3.05, 3.63) is 51.2 Å². The highest BCUT2D eigenvalue weighted by molar-refractivity contribution is 7.10. The normalized spacial score (nSPS) is 14.9. The molecule has 0 radical (unpaired) electrons. The van der Waals surface area contributed by atoms with Crippen LogP contribution < -0.4 is 5.32 Å². The van der Waals surface area contributed by atoms with Gasteiger partial charge in [-0.3, -0.25) is 4.79 Å². The van der Waals surface area contributed by atoms with Gasteiger partial charge in [-0.1, -0.05) is 12.5 Å². The Labute approximate surface area is 136 Å². The third kappa shape index (κ3) is 3.58. The Morgan fingerprint density at radius 1 is 1.13 bits per heavy atom. The lowest BCUT2D eigenvalue weighted by molar-refractivity contribution is -0.137. The van der Waals surface area contributed by atoms with Gasteiger partial charge < -0.3 is 5.32 Å². The number of carbonyl (C=O) groups is 1. The Bertz CT molecular complexity index is 721. The molecule has 23 heavy (non-hydrogen) atoms. The number of aryl methyl sites for hydroxylation is 1. The molecule has 0 bridgehead atoms. The van der Waals surface area contributed by atoms with Crippen LogP contribution in [0.15, 0.2) is 29.6 Å². The SMILES string of the molecule is O=C(Nc1cccc(C(F)(F)F)c1)c1csc2c1CCCCC2. The summed E-state index contributed by atoms with van der Waals surface area (Å²) in [5, 5.41) is 4.41. The molecule has 0 unspecified atom stereocenters. The average molecular weight is 339 g/mol. The van der Waals surface area contributed by atoms with Crippen LogP contribution in [0.2, 0.25) is 0 Å². The molecule has 6 heteroatoms. The first-order valence-electron chi connectivity index (χ1n) is 7.53. The van der Waals surface area contributed by atoms with E-state index in [-0.39, 0.29) is 11.6 Å². The van der Waals surface area contributed by atoms with E-state index in [0.29, 0.717) is 5.56 Å². The molecule has 3 rings (SSSR count). The van der Waals surface area contributed by atoms with E-state index >= 15 is 0 Å². The van der Waals surface area contributed by atoms with E-state index in [0.717, 1.165) is 49.8 Å². The molecule has 0 saturated heterocycles. The van der Waals surface area contributed by atoms with Gasteiger partial charge in [0.1, 0.15) is 0 Å². The molecule has 1 aromatic heterocycles. The summed E-state index contributed by atoms with van der Waals surface area (Å²) in [7, 11) is 0. The Kier molecular flexibility index (Phi) is 4.43. The van der Waals surface area contributed by atoms with Crippen molar-refractivity contribution in [2.24, 2.45) is 0 Å². The molecule has 2 nitrogen and oxygen atoms in total. The van der Waals surface area contributed by atoms with Gasteiger partial charge in [0.25, 0.3) is 5.91 Å². The first kappa shape index (κ1) is 16.1. The van der Waals surface area contributed by atoms with Crippen molar-refractivity contribution in [3.63, 3.8) is 0 Å². The van der Waals surface area contributed by atoms with Gasteiger partial charge in [0.15, 0.2) is 0 Å². The minimum absolute atomic E-state index is 0.165. The van der Waals surface area contributed by atoms with Crippen LogP contribution in [0.3, 0.4) is 0 Å². The van der Waals surface area contributed by atoms with E-state index in [1.54, 1.807) is 11.3 Å². The molecule has 1 aromatic carbocycles. The molecule has 0 aliphatic heterocycles. The summed E-state index contributed by atoms with van der Waals surface area (Å²) in [4.78, 5) is 13.7.